The lowest BCUT2D eigenvalue weighted by Gasteiger charge is -2.39. The second-order valence-electron chi connectivity index (χ2n) is 7.45. The van der Waals surface area contributed by atoms with Gasteiger partial charge < -0.3 is 14.5 Å². The van der Waals surface area contributed by atoms with Gasteiger partial charge in [0.05, 0.1) is 13.1 Å². The summed E-state index contributed by atoms with van der Waals surface area (Å²) in [5, 5.41) is 0. The lowest BCUT2D eigenvalue weighted by atomic mass is 10.1. The number of hydrogen-bond acceptors (Lipinski definition) is 4. The number of aromatic nitrogens is 1. The van der Waals surface area contributed by atoms with Crippen LogP contribution in [0, 0.1) is 0 Å². The van der Waals surface area contributed by atoms with E-state index in [1.165, 1.54) is 0 Å². The Balaban J connectivity index is 1.67. The van der Waals surface area contributed by atoms with Gasteiger partial charge in [-0.2, -0.15) is 0 Å². The van der Waals surface area contributed by atoms with Gasteiger partial charge in [0, 0.05) is 25.2 Å². The van der Waals surface area contributed by atoms with Crippen molar-refractivity contribution < 1.29 is 18.3 Å². The van der Waals surface area contributed by atoms with Crippen LogP contribution >= 0.6 is 0 Å². The van der Waals surface area contributed by atoms with E-state index in [0.29, 0.717) is 31.7 Å². The van der Waals surface area contributed by atoms with Crippen molar-refractivity contribution >= 4 is 11.9 Å². The number of anilines is 1. The fraction of sp³-hybridized carbons (Fsp3) is 0.647. The first-order chi connectivity index (χ1) is 11.1. The third-order valence-electron chi connectivity index (χ3n) is 4.14. The number of alkyl halides is 2. The summed E-state index contributed by atoms with van der Waals surface area (Å²) in [7, 11) is 0. The summed E-state index contributed by atoms with van der Waals surface area (Å²) in [5.74, 6) is -2.02. The molecule has 1 saturated heterocycles. The number of hydrogen-bond donors (Lipinski definition) is 0. The molecule has 0 radical (unpaired) electrons. The maximum atomic E-state index is 13.0. The van der Waals surface area contributed by atoms with E-state index in [1.807, 2.05) is 26.8 Å². The maximum absolute atomic E-state index is 13.0. The zero-order chi connectivity index (χ0) is 17.5. The molecule has 3 rings (SSSR count). The number of rotatable bonds is 1. The van der Waals surface area contributed by atoms with Crippen LogP contribution in [0.15, 0.2) is 12.1 Å². The van der Waals surface area contributed by atoms with Gasteiger partial charge >= 0.3 is 6.09 Å². The average molecular weight is 339 g/mol. The van der Waals surface area contributed by atoms with Gasteiger partial charge in [0.1, 0.15) is 11.4 Å². The van der Waals surface area contributed by atoms with E-state index in [4.69, 9.17) is 4.74 Å². The summed E-state index contributed by atoms with van der Waals surface area (Å²) in [5.41, 5.74) is 1.43. The molecule has 2 aliphatic rings. The van der Waals surface area contributed by atoms with Crippen LogP contribution in [0.3, 0.4) is 0 Å². The third-order valence-corrected chi connectivity index (χ3v) is 4.14. The number of amides is 1. The van der Waals surface area contributed by atoms with Crippen molar-refractivity contribution in [3.63, 3.8) is 0 Å². The Kier molecular flexibility index (Phi) is 4.13. The first-order valence-corrected chi connectivity index (χ1v) is 8.22. The Hall–Kier alpha value is -1.92. The predicted octanol–water partition coefficient (Wildman–Crippen LogP) is 2.87. The molecule has 0 unspecified atom stereocenters. The van der Waals surface area contributed by atoms with Crippen LogP contribution in [-0.4, -0.2) is 53.7 Å². The molecule has 0 saturated carbocycles. The summed E-state index contributed by atoms with van der Waals surface area (Å²) in [6.07, 6.45) is 0.975. The molecule has 0 aromatic carbocycles. The monoisotopic (exact) mass is 339 g/mol. The molecule has 24 heavy (non-hydrogen) atoms. The summed E-state index contributed by atoms with van der Waals surface area (Å²) < 4.78 is 31.5. The molecule has 2 aliphatic heterocycles. The van der Waals surface area contributed by atoms with E-state index in [2.05, 4.69) is 4.98 Å². The highest BCUT2D eigenvalue weighted by molar-refractivity contribution is 5.68. The van der Waals surface area contributed by atoms with E-state index < -0.39 is 11.5 Å². The Labute approximate surface area is 140 Å². The standard InChI is InChI=1S/C17H23F2N3O2/c1-16(2,3)24-15(23)21-8-6-12-4-5-14(20-13(12)7-9-21)22-10-17(18,19)11-22/h4-5H,6-11H2,1-3H3. The molecule has 0 N–H and O–H groups in total. The first-order valence-electron chi connectivity index (χ1n) is 8.22. The lowest BCUT2D eigenvalue weighted by Crippen LogP contribution is -2.56. The number of carbonyl (C=O) groups excluding carboxylic acids is 1. The van der Waals surface area contributed by atoms with Crippen molar-refractivity contribution in [3.05, 3.63) is 23.4 Å². The molecular weight excluding hydrogens is 316 g/mol. The Morgan fingerprint density at radius 1 is 1.21 bits per heavy atom. The zero-order valence-electron chi connectivity index (χ0n) is 14.3. The number of fused-ring (bicyclic) bond motifs is 1. The van der Waals surface area contributed by atoms with Gasteiger partial charge in [0.2, 0.25) is 0 Å². The van der Waals surface area contributed by atoms with Gasteiger partial charge in [-0.15, -0.1) is 0 Å². The topological polar surface area (TPSA) is 45.7 Å². The molecular formula is C17H23F2N3O2. The summed E-state index contributed by atoms with van der Waals surface area (Å²) in [6, 6.07) is 3.73. The van der Waals surface area contributed by atoms with Crippen LogP contribution in [0.1, 0.15) is 32.0 Å². The molecule has 0 aliphatic carbocycles. The minimum atomic E-state index is -2.61. The molecule has 7 heteroatoms. The van der Waals surface area contributed by atoms with Crippen molar-refractivity contribution in [1.82, 2.24) is 9.88 Å². The number of halogens is 2. The smallest absolute Gasteiger partial charge is 0.410 e. The van der Waals surface area contributed by atoms with E-state index in [0.717, 1.165) is 11.3 Å². The van der Waals surface area contributed by atoms with Crippen LogP contribution in [0.2, 0.25) is 0 Å². The van der Waals surface area contributed by atoms with Crippen molar-refractivity contribution in [2.45, 2.75) is 45.1 Å². The number of ether oxygens (including phenoxy) is 1. The minimum Gasteiger partial charge on any atom is -0.444 e. The van der Waals surface area contributed by atoms with Crippen molar-refractivity contribution in [1.29, 1.82) is 0 Å². The van der Waals surface area contributed by atoms with Gasteiger partial charge in [0.15, 0.2) is 0 Å². The SMILES string of the molecule is CC(C)(C)OC(=O)N1CCc2ccc(N3CC(F)(F)C3)nc2CC1. The fourth-order valence-corrected chi connectivity index (χ4v) is 2.93. The maximum Gasteiger partial charge on any atom is 0.410 e. The Morgan fingerprint density at radius 2 is 1.88 bits per heavy atom. The van der Waals surface area contributed by atoms with Gasteiger partial charge in [-0.25, -0.2) is 18.6 Å². The number of pyridine rings is 1. The molecule has 0 bridgehead atoms. The van der Waals surface area contributed by atoms with E-state index in [1.54, 1.807) is 15.9 Å². The van der Waals surface area contributed by atoms with Gasteiger partial charge in [-0.05, 0) is 38.8 Å². The second-order valence-corrected chi connectivity index (χ2v) is 7.45. The fourth-order valence-electron chi connectivity index (χ4n) is 2.93. The van der Waals surface area contributed by atoms with Crippen LogP contribution in [0.4, 0.5) is 19.4 Å². The summed E-state index contributed by atoms with van der Waals surface area (Å²) in [4.78, 5) is 20.0. The van der Waals surface area contributed by atoms with Crippen molar-refractivity contribution in [2.75, 3.05) is 31.1 Å². The summed E-state index contributed by atoms with van der Waals surface area (Å²) >= 11 is 0. The van der Waals surface area contributed by atoms with Crippen molar-refractivity contribution in [3.8, 4) is 0 Å². The highest BCUT2D eigenvalue weighted by Gasteiger charge is 2.44. The number of nitrogens with zero attached hydrogens (tertiary/aromatic N) is 3. The largest absolute Gasteiger partial charge is 0.444 e. The van der Waals surface area contributed by atoms with E-state index in [-0.39, 0.29) is 19.2 Å². The quantitative estimate of drug-likeness (QED) is 0.789. The Morgan fingerprint density at radius 3 is 2.50 bits per heavy atom. The van der Waals surface area contributed by atoms with Crippen LogP contribution in [0.25, 0.3) is 0 Å². The van der Waals surface area contributed by atoms with Gasteiger partial charge in [0.25, 0.3) is 5.92 Å². The molecule has 1 aromatic rings. The molecule has 3 heterocycles. The molecule has 5 nitrogen and oxygen atoms in total. The average Bonchev–Trinajstić information content (AvgIpc) is 2.64. The molecule has 0 spiro atoms. The zero-order valence-corrected chi connectivity index (χ0v) is 14.3. The Bertz CT molecular complexity index is 635. The van der Waals surface area contributed by atoms with Gasteiger partial charge in [-0.3, -0.25) is 0 Å². The first kappa shape index (κ1) is 16.9. The summed E-state index contributed by atoms with van der Waals surface area (Å²) in [6.45, 7) is 6.07. The highest BCUT2D eigenvalue weighted by Crippen LogP contribution is 2.31. The van der Waals surface area contributed by atoms with Crippen LogP contribution in [0.5, 0.6) is 0 Å². The predicted molar refractivity (Wildman–Crippen MR) is 86.6 cm³/mol. The molecule has 1 fully saturated rings. The van der Waals surface area contributed by atoms with E-state index in [9.17, 15) is 13.6 Å². The van der Waals surface area contributed by atoms with Gasteiger partial charge in [-0.1, -0.05) is 6.07 Å². The van der Waals surface area contributed by atoms with Crippen LogP contribution in [-0.2, 0) is 17.6 Å². The molecule has 1 aromatic heterocycles. The molecule has 0 atom stereocenters. The van der Waals surface area contributed by atoms with Crippen molar-refractivity contribution in [2.24, 2.45) is 0 Å². The number of carbonyl (C=O) groups is 1. The highest BCUT2D eigenvalue weighted by atomic mass is 19.3. The van der Waals surface area contributed by atoms with E-state index >= 15 is 0 Å². The molecule has 132 valence electrons. The van der Waals surface area contributed by atoms with Crippen LogP contribution < -0.4 is 4.90 Å². The molecule has 1 amide bonds. The second kappa shape index (κ2) is 5.86. The lowest BCUT2D eigenvalue weighted by molar-refractivity contribution is -0.0267. The normalized spacial score (nSPS) is 20.0. The minimum absolute atomic E-state index is 0.275. The third kappa shape index (κ3) is 3.76.